The molecule has 0 aromatic heterocycles. The third-order valence-corrected chi connectivity index (χ3v) is 3.21. The molecule has 5 heteroatoms. The molecule has 17 heavy (non-hydrogen) atoms. The Labute approximate surface area is 102 Å². The second-order valence-electron chi connectivity index (χ2n) is 5.03. The van der Waals surface area contributed by atoms with Gasteiger partial charge < -0.3 is 0 Å². The van der Waals surface area contributed by atoms with E-state index in [9.17, 15) is 8.78 Å². The maximum absolute atomic E-state index is 12.8. The lowest BCUT2D eigenvalue weighted by molar-refractivity contribution is -0.524. The van der Waals surface area contributed by atoms with Gasteiger partial charge in [0, 0.05) is 26.8 Å². The molecule has 0 radical (unpaired) electrons. The molecule has 1 aliphatic rings. The molecule has 1 aliphatic heterocycles. The lowest BCUT2D eigenvalue weighted by Crippen LogP contribution is -2.25. The molecule has 0 bridgehead atoms. The molecule has 1 saturated heterocycles. The molecule has 0 spiro atoms. The Kier molecular flexibility index (Phi) is 4.61. The van der Waals surface area contributed by atoms with Crippen LogP contribution in [0.1, 0.15) is 34.1 Å². The second kappa shape index (κ2) is 5.40. The number of hydrogen-bond donors (Lipinski definition) is 1. The van der Waals surface area contributed by atoms with Crippen LogP contribution in [-0.4, -0.2) is 53.6 Å². The first-order chi connectivity index (χ1) is 7.78. The van der Waals surface area contributed by atoms with Crippen molar-refractivity contribution in [2.24, 2.45) is 0 Å². The molecule has 0 amide bonds. The van der Waals surface area contributed by atoms with Crippen LogP contribution in [0.25, 0.3) is 0 Å². The van der Waals surface area contributed by atoms with Crippen molar-refractivity contribution in [1.29, 1.82) is 0 Å². The number of rotatable bonds is 6. The van der Waals surface area contributed by atoms with Crippen LogP contribution in [0.3, 0.4) is 0 Å². The van der Waals surface area contributed by atoms with Crippen molar-refractivity contribution >= 4 is 5.71 Å². The van der Waals surface area contributed by atoms with Gasteiger partial charge in [-0.25, -0.2) is 18.3 Å². The van der Waals surface area contributed by atoms with Gasteiger partial charge in [-0.1, -0.05) is 6.92 Å². The van der Waals surface area contributed by atoms with Crippen molar-refractivity contribution in [3.05, 3.63) is 0 Å². The summed E-state index contributed by atoms with van der Waals surface area (Å²) in [6, 6.07) is 0. The molecule has 1 N–H and O–H groups in total. The monoisotopic (exact) mass is 248 g/mol. The lowest BCUT2D eigenvalue weighted by atomic mass is 10.3. The number of likely N-dealkylation sites (N-methyl/N-ethyl adjacent to an activating group) is 2. The first-order valence-corrected chi connectivity index (χ1v) is 6.18. The Morgan fingerprint density at radius 2 is 2.00 bits per heavy atom. The second-order valence-corrected chi connectivity index (χ2v) is 5.03. The average Bonchev–Trinajstić information content (AvgIpc) is 2.86. The fourth-order valence-corrected chi connectivity index (χ4v) is 1.99. The fraction of sp³-hybridized carbons (Fsp3) is 0.917. The number of alkyl halides is 2. The smallest absolute Gasteiger partial charge is 0.246 e. The minimum Gasteiger partial charge on any atom is -0.295 e. The maximum atomic E-state index is 12.8. The van der Waals surface area contributed by atoms with Crippen LogP contribution in [0.2, 0.25) is 0 Å². The Balaban J connectivity index is 2.57. The van der Waals surface area contributed by atoms with Gasteiger partial charge in [0.2, 0.25) is 12.1 Å². The minimum atomic E-state index is -2.58. The quantitative estimate of drug-likeness (QED) is 0.438. The third-order valence-electron chi connectivity index (χ3n) is 3.21. The highest BCUT2D eigenvalue weighted by molar-refractivity contribution is 5.73. The molecule has 3 atom stereocenters. The Morgan fingerprint density at radius 3 is 2.41 bits per heavy atom. The van der Waals surface area contributed by atoms with Gasteiger partial charge in [-0.05, 0) is 13.5 Å². The molecule has 0 aliphatic carbocycles. The predicted octanol–water partition coefficient (Wildman–Crippen LogP) is 1.73. The molecule has 1 rings (SSSR count). The Morgan fingerprint density at radius 1 is 1.41 bits per heavy atom. The lowest BCUT2D eigenvalue weighted by Gasteiger charge is -2.09. The molecule has 1 fully saturated rings. The largest absolute Gasteiger partial charge is 0.295 e. The SMILES string of the molecule is CCNC1C([N+](C)=C(C)C)N1CCC(C)(F)F. The number of halogens is 2. The molecule has 0 saturated carbocycles. The summed E-state index contributed by atoms with van der Waals surface area (Å²) in [5, 5.41) is 3.32. The molecule has 1 heterocycles. The van der Waals surface area contributed by atoms with Gasteiger partial charge in [-0.3, -0.25) is 5.32 Å². The van der Waals surface area contributed by atoms with E-state index in [1.54, 1.807) is 0 Å². The van der Waals surface area contributed by atoms with E-state index in [0.717, 1.165) is 13.5 Å². The van der Waals surface area contributed by atoms with Crippen LogP contribution in [0.4, 0.5) is 8.78 Å². The van der Waals surface area contributed by atoms with E-state index in [1.165, 1.54) is 5.71 Å². The van der Waals surface area contributed by atoms with Gasteiger partial charge in [0.25, 0.3) is 0 Å². The number of nitrogens with zero attached hydrogens (tertiary/aromatic N) is 2. The van der Waals surface area contributed by atoms with Crippen LogP contribution in [0.15, 0.2) is 0 Å². The topological polar surface area (TPSA) is 18.0 Å². The molecular formula is C12H24F2N3+. The van der Waals surface area contributed by atoms with E-state index in [-0.39, 0.29) is 18.8 Å². The summed E-state index contributed by atoms with van der Waals surface area (Å²) < 4.78 is 27.8. The van der Waals surface area contributed by atoms with E-state index in [2.05, 4.69) is 14.8 Å². The van der Waals surface area contributed by atoms with Gasteiger partial charge in [0.1, 0.15) is 18.9 Å². The molecule has 100 valence electrons. The van der Waals surface area contributed by atoms with Gasteiger partial charge in [-0.2, -0.15) is 0 Å². The highest BCUT2D eigenvalue weighted by atomic mass is 19.3. The fourth-order valence-electron chi connectivity index (χ4n) is 1.99. The van der Waals surface area contributed by atoms with Crippen molar-refractivity contribution in [2.75, 3.05) is 20.1 Å². The van der Waals surface area contributed by atoms with Crippen LogP contribution >= 0.6 is 0 Å². The van der Waals surface area contributed by atoms with Crippen LogP contribution in [-0.2, 0) is 0 Å². The zero-order valence-corrected chi connectivity index (χ0v) is 11.4. The summed E-state index contributed by atoms with van der Waals surface area (Å²) in [6.45, 7) is 8.38. The summed E-state index contributed by atoms with van der Waals surface area (Å²) >= 11 is 0. The van der Waals surface area contributed by atoms with E-state index < -0.39 is 5.92 Å². The van der Waals surface area contributed by atoms with Crippen molar-refractivity contribution in [1.82, 2.24) is 10.2 Å². The first kappa shape index (κ1) is 14.5. The summed E-state index contributed by atoms with van der Waals surface area (Å²) in [6.07, 6.45) is 0.353. The van der Waals surface area contributed by atoms with Crippen molar-refractivity contribution in [2.45, 2.75) is 52.4 Å². The third kappa shape index (κ3) is 4.00. The van der Waals surface area contributed by atoms with Crippen LogP contribution in [0, 0.1) is 0 Å². The van der Waals surface area contributed by atoms with Gasteiger partial charge >= 0.3 is 0 Å². The maximum Gasteiger partial charge on any atom is 0.246 e. The van der Waals surface area contributed by atoms with E-state index in [4.69, 9.17) is 0 Å². The van der Waals surface area contributed by atoms with Gasteiger partial charge in [0.05, 0.1) is 0 Å². The van der Waals surface area contributed by atoms with Crippen molar-refractivity contribution in [3.8, 4) is 0 Å². The van der Waals surface area contributed by atoms with Crippen LogP contribution < -0.4 is 5.32 Å². The van der Waals surface area contributed by atoms with Crippen molar-refractivity contribution in [3.63, 3.8) is 0 Å². The van der Waals surface area contributed by atoms with Gasteiger partial charge in [0.15, 0.2) is 0 Å². The number of hydrogen-bond acceptors (Lipinski definition) is 2. The number of nitrogens with one attached hydrogen (secondary N) is 1. The summed E-state index contributed by atoms with van der Waals surface area (Å²) in [5.41, 5.74) is 1.20. The summed E-state index contributed by atoms with van der Waals surface area (Å²) in [4.78, 5) is 2.08. The highest BCUT2D eigenvalue weighted by Gasteiger charge is 2.55. The average molecular weight is 248 g/mol. The predicted molar refractivity (Wildman–Crippen MR) is 65.7 cm³/mol. The highest BCUT2D eigenvalue weighted by Crippen LogP contribution is 2.29. The Bertz CT molecular complexity index is 293. The van der Waals surface area contributed by atoms with Crippen LogP contribution in [0.5, 0.6) is 0 Å². The molecular weight excluding hydrogens is 224 g/mol. The van der Waals surface area contributed by atoms with E-state index in [0.29, 0.717) is 6.54 Å². The summed E-state index contributed by atoms with van der Waals surface area (Å²) in [7, 11) is 2.01. The Hall–Kier alpha value is -0.550. The normalized spacial score (nSPS) is 28.1. The zero-order valence-electron chi connectivity index (χ0n) is 11.4. The molecule has 3 nitrogen and oxygen atoms in total. The van der Waals surface area contributed by atoms with Crippen molar-refractivity contribution < 1.29 is 13.4 Å². The molecule has 0 aromatic rings. The van der Waals surface area contributed by atoms with E-state index >= 15 is 0 Å². The zero-order chi connectivity index (χ0) is 13.2. The van der Waals surface area contributed by atoms with E-state index in [1.807, 2.05) is 27.8 Å². The first-order valence-electron chi connectivity index (χ1n) is 6.18. The van der Waals surface area contributed by atoms with Gasteiger partial charge in [-0.15, -0.1) is 0 Å². The summed E-state index contributed by atoms with van der Waals surface area (Å²) in [5.74, 6) is -2.58. The molecule has 3 unspecified atom stereocenters. The minimum absolute atomic E-state index is 0.0814. The standard InChI is InChI=1S/C12H24F2N3/c1-6-15-10-11(16(5)9(2)3)17(10)8-7-12(4,13)14/h10-11,15H,6-8H2,1-5H3/q+1. The molecule has 0 aromatic carbocycles.